The van der Waals surface area contributed by atoms with Crippen LogP contribution >= 0.6 is 35.2 Å². The highest BCUT2D eigenvalue weighted by Gasteiger charge is 2.41. The molecule has 2 heterocycles. The van der Waals surface area contributed by atoms with Gasteiger partial charge in [0.2, 0.25) is 0 Å². The number of methoxy groups -OCH3 is 1. The molecule has 2 aliphatic carbocycles. The Balaban J connectivity index is 1.37. The van der Waals surface area contributed by atoms with E-state index in [1.165, 1.54) is 28.0 Å². The first kappa shape index (κ1) is 25.2. The predicted molar refractivity (Wildman–Crippen MR) is 130 cm³/mol. The molecule has 0 aromatic carbocycles. The van der Waals surface area contributed by atoms with Crippen LogP contribution in [0.25, 0.3) is 0 Å². The van der Waals surface area contributed by atoms with Crippen molar-refractivity contribution < 1.29 is 22.7 Å². The van der Waals surface area contributed by atoms with Crippen LogP contribution < -0.4 is 10.6 Å². The van der Waals surface area contributed by atoms with Crippen LogP contribution in [0.4, 0.5) is 18.2 Å². The lowest BCUT2D eigenvalue weighted by atomic mass is 10.1. The molecule has 6 nitrogen and oxygen atoms in total. The van der Waals surface area contributed by atoms with Crippen LogP contribution in [0, 0.1) is 0 Å². The Kier molecular flexibility index (Phi) is 7.73. The van der Waals surface area contributed by atoms with E-state index >= 15 is 0 Å². The van der Waals surface area contributed by atoms with Gasteiger partial charge in [0, 0.05) is 23.9 Å². The molecule has 12 heteroatoms. The normalized spacial score (nSPS) is 16.0. The number of rotatable bonds is 7. The summed E-state index contributed by atoms with van der Waals surface area (Å²) in [4.78, 5) is 13.6. The molecule has 0 amide bonds. The molecule has 2 aromatic rings. The fourth-order valence-corrected chi connectivity index (χ4v) is 6.23. The summed E-state index contributed by atoms with van der Waals surface area (Å²) in [6.45, 7) is 0.714. The number of hydrogen-bond donors (Lipinski definition) is 2. The van der Waals surface area contributed by atoms with Gasteiger partial charge in [-0.1, -0.05) is 18.0 Å². The smallest absolute Gasteiger partial charge is 0.436 e. The average molecular weight is 535 g/mol. The number of halogens is 4. The van der Waals surface area contributed by atoms with Gasteiger partial charge in [0.05, 0.1) is 23.4 Å². The van der Waals surface area contributed by atoms with Crippen LogP contribution in [-0.2, 0) is 30.3 Å². The van der Waals surface area contributed by atoms with Crippen molar-refractivity contribution in [3.05, 3.63) is 32.4 Å². The Morgan fingerprint density at radius 1 is 1.29 bits per heavy atom. The Bertz CT molecular complexity index is 1080. The number of aryl methyl sites for hydroxylation is 2. The number of esters is 1. The maximum absolute atomic E-state index is 13.2. The molecule has 0 saturated heterocycles. The first-order valence-corrected chi connectivity index (χ1v) is 12.9. The van der Waals surface area contributed by atoms with E-state index in [9.17, 15) is 18.0 Å². The monoisotopic (exact) mass is 534 g/mol. The topological polar surface area (TPSA) is 68.2 Å². The first-order chi connectivity index (χ1) is 16.2. The predicted octanol–water partition coefficient (Wildman–Crippen LogP) is 5.93. The zero-order valence-corrected chi connectivity index (χ0v) is 21.1. The largest absolute Gasteiger partial charge is 0.465 e. The van der Waals surface area contributed by atoms with Gasteiger partial charge in [-0.3, -0.25) is 4.68 Å². The van der Waals surface area contributed by atoms with Crippen molar-refractivity contribution in [3.63, 3.8) is 0 Å². The van der Waals surface area contributed by atoms with Crippen LogP contribution in [0.1, 0.15) is 76.6 Å². The quantitative estimate of drug-likeness (QED) is 0.199. The number of anilines is 1. The van der Waals surface area contributed by atoms with Crippen LogP contribution in [0.3, 0.4) is 0 Å². The summed E-state index contributed by atoms with van der Waals surface area (Å²) < 4.78 is 46.0. The molecule has 34 heavy (non-hydrogen) atoms. The zero-order valence-electron chi connectivity index (χ0n) is 18.7. The van der Waals surface area contributed by atoms with Crippen LogP contribution in [0.2, 0.25) is 5.02 Å². The number of carbonyl (C=O) groups is 1. The van der Waals surface area contributed by atoms with Gasteiger partial charge in [-0.25, -0.2) is 4.79 Å². The maximum atomic E-state index is 13.2. The molecule has 0 radical (unpaired) electrons. The zero-order chi connectivity index (χ0) is 24.5. The summed E-state index contributed by atoms with van der Waals surface area (Å²) in [5.74, 6) is -0.342. The number of hydrogen-bond acceptors (Lipinski definition) is 5. The van der Waals surface area contributed by atoms with E-state index in [4.69, 9.17) is 28.6 Å². The molecule has 4 rings (SSSR count). The highest BCUT2D eigenvalue weighted by Crippen LogP contribution is 2.47. The molecule has 0 spiro atoms. The molecule has 2 aromatic heterocycles. The third-order valence-electron chi connectivity index (χ3n) is 6.03. The van der Waals surface area contributed by atoms with Gasteiger partial charge in [-0.05, 0) is 62.7 Å². The van der Waals surface area contributed by atoms with Crippen molar-refractivity contribution >= 4 is 51.2 Å². The Morgan fingerprint density at radius 2 is 2.03 bits per heavy atom. The summed E-state index contributed by atoms with van der Waals surface area (Å²) in [7, 11) is 1.37. The van der Waals surface area contributed by atoms with Crippen LogP contribution in [0.15, 0.2) is 0 Å². The lowest BCUT2D eigenvalue weighted by molar-refractivity contribution is -0.141. The number of nitrogens with one attached hydrogen (secondary N) is 2. The van der Waals surface area contributed by atoms with Crippen molar-refractivity contribution in [1.82, 2.24) is 15.1 Å². The molecular weight excluding hydrogens is 509 g/mol. The third-order valence-corrected chi connectivity index (χ3v) is 7.86. The van der Waals surface area contributed by atoms with Gasteiger partial charge in [-0.2, -0.15) is 18.3 Å². The number of alkyl halides is 3. The molecular formula is C22H26ClF3N4O2S2. The Labute approximate surface area is 210 Å². The summed E-state index contributed by atoms with van der Waals surface area (Å²) in [5.41, 5.74) is 1.04. The molecule has 0 aliphatic heterocycles. The van der Waals surface area contributed by atoms with E-state index < -0.39 is 11.9 Å². The molecule has 2 N–H and O–H groups in total. The molecule has 186 valence electrons. The molecule has 2 aliphatic rings. The fourth-order valence-electron chi connectivity index (χ4n) is 4.28. The Morgan fingerprint density at radius 3 is 2.71 bits per heavy atom. The molecule has 0 atom stereocenters. The van der Waals surface area contributed by atoms with Crippen molar-refractivity contribution in [1.29, 1.82) is 0 Å². The van der Waals surface area contributed by atoms with Crippen molar-refractivity contribution in [3.8, 4) is 0 Å². The minimum absolute atomic E-state index is 0.0395. The second kappa shape index (κ2) is 10.4. The second-order valence-electron chi connectivity index (χ2n) is 8.54. The lowest BCUT2D eigenvalue weighted by Crippen LogP contribution is -2.30. The molecule has 0 bridgehead atoms. The Hall–Kier alpha value is -1.85. The van der Waals surface area contributed by atoms with E-state index in [2.05, 4.69) is 15.7 Å². The highest BCUT2D eigenvalue weighted by atomic mass is 35.5. The standard InChI is InChI=1S/C22H26ClF3N4O2S2/c1-32-20(31)15-13-6-3-2-4-7-14(13)34-19(15)28-21(33)27-10-5-11-30-17(12-8-9-12)16(23)18(29-30)22(24,25)26/h12H,2-11H2,1H3,(H2,27,28,33). The van der Waals surface area contributed by atoms with E-state index in [1.807, 2.05) is 0 Å². The molecule has 1 saturated carbocycles. The number of carbonyl (C=O) groups excluding carboxylic acids is 1. The number of fused-ring (bicyclic) bond motifs is 1. The molecule has 0 unspecified atom stereocenters. The van der Waals surface area contributed by atoms with E-state index in [0.29, 0.717) is 34.3 Å². The maximum Gasteiger partial charge on any atom is 0.436 e. The van der Waals surface area contributed by atoms with Crippen molar-refractivity contribution in [2.75, 3.05) is 19.0 Å². The number of nitrogens with zero attached hydrogens (tertiary/aromatic N) is 2. The number of aromatic nitrogens is 2. The SMILES string of the molecule is COC(=O)c1c(NC(=S)NCCCn2nc(C(F)(F)F)c(Cl)c2C2CC2)sc2c1CCCCC2. The van der Waals surface area contributed by atoms with Gasteiger partial charge in [0.1, 0.15) is 5.00 Å². The number of ether oxygens (including phenoxy) is 1. The average Bonchev–Trinajstić information content (AvgIpc) is 3.52. The first-order valence-electron chi connectivity index (χ1n) is 11.3. The summed E-state index contributed by atoms with van der Waals surface area (Å²) in [5, 5.41) is 10.7. The van der Waals surface area contributed by atoms with Gasteiger partial charge < -0.3 is 15.4 Å². The van der Waals surface area contributed by atoms with Crippen molar-refractivity contribution in [2.45, 2.75) is 70.0 Å². The van der Waals surface area contributed by atoms with Gasteiger partial charge in [-0.15, -0.1) is 11.3 Å². The van der Waals surface area contributed by atoms with E-state index in [1.54, 1.807) is 0 Å². The third kappa shape index (κ3) is 5.52. The fraction of sp³-hybridized carbons (Fsp3) is 0.591. The number of thiocarbonyl (C=S) groups is 1. The van der Waals surface area contributed by atoms with E-state index in [-0.39, 0.29) is 23.5 Å². The van der Waals surface area contributed by atoms with Gasteiger partial charge in [0.25, 0.3) is 0 Å². The number of thiophene rings is 1. The van der Waals surface area contributed by atoms with Crippen molar-refractivity contribution in [2.24, 2.45) is 0 Å². The minimum Gasteiger partial charge on any atom is -0.465 e. The highest BCUT2D eigenvalue weighted by molar-refractivity contribution is 7.80. The summed E-state index contributed by atoms with van der Waals surface area (Å²) in [6.07, 6.45) is 2.60. The van der Waals surface area contributed by atoms with E-state index in [0.717, 1.165) is 50.5 Å². The van der Waals surface area contributed by atoms with Crippen LogP contribution in [0.5, 0.6) is 0 Å². The minimum atomic E-state index is -4.58. The summed E-state index contributed by atoms with van der Waals surface area (Å²) >= 11 is 13.0. The lowest BCUT2D eigenvalue weighted by Gasteiger charge is -2.12. The van der Waals surface area contributed by atoms with Gasteiger partial charge in [0.15, 0.2) is 10.8 Å². The van der Waals surface area contributed by atoms with Gasteiger partial charge >= 0.3 is 12.1 Å². The van der Waals surface area contributed by atoms with Crippen LogP contribution in [-0.4, -0.2) is 34.5 Å². The second-order valence-corrected chi connectivity index (χ2v) is 10.4. The molecule has 1 fully saturated rings. The summed E-state index contributed by atoms with van der Waals surface area (Å²) in [6, 6.07) is 0.